The second-order valence-corrected chi connectivity index (χ2v) is 11.4. The molecule has 0 amide bonds. The van der Waals surface area contributed by atoms with Crippen LogP contribution in [0.25, 0.3) is 0 Å². The van der Waals surface area contributed by atoms with E-state index in [4.69, 9.17) is 0 Å². The Balaban J connectivity index is 1.53. The largest absolute Gasteiger partial charge is 0.179 e. The molecule has 7 unspecified atom stereocenters. The molecule has 0 aliphatic heterocycles. The van der Waals surface area contributed by atoms with Crippen LogP contribution in [0.5, 0.6) is 0 Å². The van der Waals surface area contributed by atoms with Gasteiger partial charge in [0.1, 0.15) is 0 Å². The Morgan fingerprint density at radius 2 is 1.68 bits per heavy atom. The highest BCUT2D eigenvalue weighted by Gasteiger charge is 2.59. The Morgan fingerprint density at radius 3 is 2.48 bits per heavy atom. The smallest absolute Gasteiger partial charge is 0.00978 e. The Bertz CT molecular complexity index is 473. The summed E-state index contributed by atoms with van der Waals surface area (Å²) in [5.74, 6) is 7.24. The summed E-state index contributed by atoms with van der Waals surface area (Å²) in [5.41, 5.74) is 1.37. The molecule has 0 heterocycles. The van der Waals surface area contributed by atoms with E-state index >= 15 is 0 Å². The lowest BCUT2D eigenvalue weighted by Crippen LogP contribution is -2.53. The van der Waals surface area contributed by atoms with Crippen molar-refractivity contribution >= 4 is 12.6 Å². The Labute approximate surface area is 162 Å². The summed E-state index contributed by atoms with van der Waals surface area (Å²) in [6, 6.07) is 0. The quantitative estimate of drug-likeness (QED) is 0.495. The van der Waals surface area contributed by atoms with E-state index in [1.807, 2.05) is 0 Å². The Morgan fingerprint density at radius 1 is 0.880 bits per heavy atom. The molecule has 4 aliphatic rings. The maximum Gasteiger partial charge on any atom is -0.00978 e. The number of hydrogen-bond donors (Lipinski definition) is 1. The van der Waals surface area contributed by atoms with Crippen molar-refractivity contribution in [1.29, 1.82) is 0 Å². The number of hydrogen-bond acceptors (Lipinski definition) is 1. The predicted molar refractivity (Wildman–Crippen MR) is 112 cm³/mol. The molecule has 0 N–H and O–H groups in total. The average Bonchev–Trinajstić information content (AvgIpc) is 2.96. The molecule has 0 bridgehead atoms. The standard InChI is InChI=1S/C24H42S/c1-17(7-6-16-25)20-11-12-21-19-10-9-18-8-4-5-14-23(18,2)22(19)13-15-24(20,21)3/h17-22,25H,4-16H2,1-3H3/t17-,18?,19?,20?,21?,22?,23?,24?/m1/s1. The first kappa shape index (κ1) is 18.7. The molecule has 0 radical (unpaired) electrons. The van der Waals surface area contributed by atoms with Crippen LogP contribution in [0.3, 0.4) is 0 Å². The summed E-state index contributed by atoms with van der Waals surface area (Å²) in [4.78, 5) is 0. The van der Waals surface area contributed by atoms with Crippen molar-refractivity contribution in [3.8, 4) is 0 Å². The second-order valence-electron chi connectivity index (χ2n) is 11.0. The average molecular weight is 363 g/mol. The lowest BCUT2D eigenvalue weighted by atomic mass is 9.44. The molecule has 144 valence electrons. The minimum absolute atomic E-state index is 0.662. The van der Waals surface area contributed by atoms with Crippen LogP contribution in [0, 0.1) is 46.3 Å². The summed E-state index contributed by atoms with van der Waals surface area (Å²) >= 11 is 4.47. The predicted octanol–water partition coefficient (Wildman–Crippen LogP) is 7.38. The summed E-state index contributed by atoms with van der Waals surface area (Å²) < 4.78 is 0. The van der Waals surface area contributed by atoms with Gasteiger partial charge in [-0.15, -0.1) is 0 Å². The summed E-state index contributed by atoms with van der Waals surface area (Å²) in [5, 5.41) is 0. The molecule has 4 rings (SSSR count). The van der Waals surface area contributed by atoms with Gasteiger partial charge in [0.05, 0.1) is 0 Å². The van der Waals surface area contributed by atoms with Crippen molar-refractivity contribution in [1.82, 2.24) is 0 Å². The lowest BCUT2D eigenvalue weighted by molar-refractivity contribution is -0.114. The highest BCUT2D eigenvalue weighted by atomic mass is 32.1. The van der Waals surface area contributed by atoms with Gasteiger partial charge >= 0.3 is 0 Å². The van der Waals surface area contributed by atoms with Crippen LogP contribution in [-0.4, -0.2) is 5.75 Å². The van der Waals surface area contributed by atoms with Crippen LogP contribution in [0.2, 0.25) is 0 Å². The topological polar surface area (TPSA) is 0 Å². The third kappa shape index (κ3) is 2.94. The van der Waals surface area contributed by atoms with Gasteiger partial charge in [-0.3, -0.25) is 0 Å². The second kappa shape index (κ2) is 7.06. The van der Waals surface area contributed by atoms with E-state index in [0.717, 1.165) is 41.3 Å². The van der Waals surface area contributed by atoms with E-state index in [2.05, 4.69) is 33.4 Å². The fourth-order valence-corrected chi connectivity index (χ4v) is 9.07. The molecule has 4 saturated carbocycles. The number of fused-ring (bicyclic) bond motifs is 5. The van der Waals surface area contributed by atoms with Crippen LogP contribution in [-0.2, 0) is 0 Å². The normalized spacial score (nSPS) is 50.6. The number of thiol groups is 1. The fraction of sp³-hybridized carbons (Fsp3) is 1.00. The van der Waals surface area contributed by atoms with Gasteiger partial charge in [0.25, 0.3) is 0 Å². The minimum Gasteiger partial charge on any atom is -0.179 e. The van der Waals surface area contributed by atoms with Crippen molar-refractivity contribution in [2.45, 2.75) is 97.8 Å². The van der Waals surface area contributed by atoms with Gasteiger partial charge < -0.3 is 0 Å². The number of rotatable bonds is 4. The highest BCUT2D eigenvalue weighted by Crippen LogP contribution is 2.68. The first-order chi connectivity index (χ1) is 12.0. The monoisotopic (exact) mass is 362 g/mol. The zero-order valence-corrected chi connectivity index (χ0v) is 18.0. The van der Waals surface area contributed by atoms with Crippen molar-refractivity contribution in [3.05, 3.63) is 0 Å². The Kier molecular flexibility index (Phi) is 5.28. The van der Waals surface area contributed by atoms with E-state index in [1.165, 1.54) is 38.5 Å². The molecule has 8 atom stereocenters. The van der Waals surface area contributed by atoms with E-state index < -0.39 is 0 Å². The molecule has 0 aromatic heterocycles. The van der Waals surface area contributed by atoms with E-state index in [9.17, 15) is 0 Å². The molecule has 0 saturated heterocycles. The summed E-state index contributed by atoms with van der Waals surface area (Å²) in [6.45, 7) is 8.00. The third-order valence-corrected chi connectivity index (χ3v) is 10.5. The summed E-state index contributed by atoms with van der Waals surface area (Å²) in [7, 11) is 0. The van der Waals surface area contributed by atoms with Gasteiger partial charge in [-0.05, 0) is 116 Å². The maximum absolute atomic E-state index is 4.47. The zero-order valence-electron chi connectivity index (χ0n) is 17.1. The third-order valence-electron chi connectivity index (χ3n) is 10.2. The van der Waals surface area contributed by atoms with Crippen LogP contribution in [0.15, 0.2) is 0 Å². The zero-order chi connectivity index (χ0) is 17.7. The van der Waals surface area contributed by atoms with Crippen molar-refractivity contribution < 1.29 is 0 Å². The first-order valence-corrected chi connectivity index (χ1v) is 12.2. The molecular weight excluding hydrogens is 320 g/mol. The molecule has 4 aliphatic carbocycles. The molecule has 4 fully saturated rings. The minimum atomic E-state index is 0.662. The fourth-order valence-electron chi connectivity index (χ4n) is 8.88. The van der Waals surface area contributed by atoms with Gasteiger partial charge in [-0.2, -0.15) is 12.6 Å². The van der Waals surface area contributed by atoms with Crippen molar-refractivity contribution in [3.63, 3.8) is 0 Å². The van der Waals surface area contributed by atoms with Crippen LogP contribution >= 0.6 is 12.6 Å². The van der Waals surface area contributed by atoms with Crippen LogP contribution < -0.4 is 0 Å². The van der Waals surface area contributed by atoms with Crippen LogP contribution in [0.1, 0.15) is 97.8 Å². The highest BCUT2D eigenvalue weighted by molar-refractivity contribution is 7.80. The molecule has 1 heteroatoms. The molecule has 0 nitrogen and oxygen atoms in total. The Hall–Kier alpha value is 0.350. The summed E-state index contributed by atoms with van der Waals surface area (Å²) in [6.07, 6.45) is 18.1. The maximum atomic E-state index is 4.47. The lowest BCUT2D eigenvalue weighted by Gasteiger charge is -2.61. The van der Waals surface area contributed by atoms with E-state index in [0.29, 0.717) is 10.8 Å². The molecule has 0 aromatic rings. The van der Waals surface area contributed by atoms with Crippen molar-refractivity contribution in [2.75, 3.05) is 5.75 Å². The van der Waals surface area contributed by atoms with E-state index in [1.54, 1.807) is 38.5 Å². The van der Waals surface area contributed by atoms with Crippen LogP contribution in [0.4, 0.5) is 0 Å². The molecule has 25 heavy (non-hydrogen) atoms. The van der Waals surface area contributed by atoms with E-state index in [-0.39, 0.29) is 0 Å². The van der Waals surface area contributed by atoms with Gasteiger partial charge in [0.15, 0.2) is 0 Å². The van der Waals surface area contributed by atoms with Gasteiger partial charge in [0.2, 0.25) is 0 Å². The van der Waals surface area contributed by atoms with Gasteiger partial charge in [-0.1, -0.05) is 33.6 Å². The first-order valence-electron chi connectivity index (χ1n) is 11.6. The van der Waals surface area contributed by atoms with Gasteiger partial charge in [-0.25, -0.2) is 0 Å². The van der Waals surface area contributed by atoms with Crippen molar-refractivity contribution in [2.24, 2.45) is 46.3 Å². The molecule has 0 aromatic carbocycles. The SMILES string of the molecule is C[C@H](CCCS)C1CCC2C3CCC4CCCCC4(C)C3CCC21C. The molecule has 0 spiro atoms. The molecular formula is C24H42S. The van der Waals surface area contributed by atoms with Gasteiger partial charge in [0, 0.05) is 0 Å².